The summed E-state index contributed by atoms with van der Waals surface area (Å²) in [6.07, 6.45) is 1.22. The minimum Gasteiger partial charge on any atom is -0.325 e. The molecule has 1 aliphatic carbocycles. The van der Waals surface area contributed by atoms with E-state index in [0.29, 0.717) is 0 Å². The molecule has 0 aromatic heterocycles. The third-order valence-electron chi connectivity index (χ3n) is 1.71. The molecule has 1 fully saturated rings. The van der Waals surface area contributed by atoms with Crippen molar-refractivity contribution in [3.63, 3.8) is 0 Å². The molecule has 0 aromatic carbocycles. The SMILES string of the molecule is CC.CC.CC1CC1(C)N. The largest absolute Gasteiger partial charge is 0.325 e. The van der Waals surface area contributed by atoms with E-state index in [1.807, 2.05) is 27.7 Å². The van der Waals surface area contributed by atoms with Crippen molar-refractivity contribution in [3.8, 4) is 0 Å². The Kier molecular flexibility index (Phi) is 7.22. The van der Waals surface area contributed by atoms with Gasteiger partial charge in [0.15, 0.2) is 0 Å². The topological polar surface area (TPSA) is 26.0 Å². The molecule has 1 saturated carbocycles. The highest BCUT2D eigenvalue weighted by atomic mass is 14.8. The number of rotatable bonds is 0. The van der Waals surface area contributed by atoms with E-state index < -0.39 is 0 Å². The summed E-state index contributed by atoms with van der Waals surface area (Å²) >= 11 is 0. The van der Waals surface area contributed by atoms with Gasteiger partial charge in [0.05, 0.1) is 0 Å². The maximum atomic E-state index is 5.61. The summed E-state index contributed by atoms with van der Waals surface area (Å²) in [5.74, 6) is 0.775. The van der Waals surface area contributed by atoms with Crippen LogP contribution in [-0.2, 0) is 0 Å². The molecule has 1 rings (SSSR count). The lowest BCUT2D eigenvalue weighted by atomic mass is 10.3. The molecule has 0 spiro atoms. The van der Waals surface area contributed by atoms with E-state index in [4.69, 9.17) is 5.73 Å². The van der Waals surface area contributed by atoms with Gasteiger partial charge in [0.1, 0.15) is 0 Å². The van der Waals surface area contributed by atoms with E-state index in [9.17, 15) is 0 Å². The van der Waals surface area contributed by atoms with Crippen LogP contribution >= 0.6 is 0 Å². The van der Waals surface area contributed by atoms with Crippen LogP contribution in [-0.4, -0.2) is 5.54 Å². The Hall–Kier alpha value is -0.0400. The van der Waals surface area contributed by atoms with Crippen molar-refractivity contribution in [1.82, 2.24) is 0 Å². The fourth-order valence-corrected chi connectivity index (χ4v) is 0.601. The minimum atomic E-state index is 0.208. The number of hydrogen-bond acceptors (Lipinski definition) is 1. The molecule has 10 heavy (non-hydrogen) atoms. The van der Waals surface area contributed by atoms with Gasteiger partial charge in [-0.1, -0.05) is 34.6 Å². The predicted octanol–water partition coefficient (Wildman–Crippen LogP) is 2.80. The summed E-state index contributed by atoms with van der Waals surface area (Å²) in [7, 11) is 0. The highest BCUT2D eigenvalue weighted by Crippen LogP contribution is 2.39. The van der Waals surface area contributed by atoms with Gasteiger partial charge in [-0.25, -0.2) is 0 Å². The van der Waals surface area contributed by atoms with Crippen LogP contribution in [0.15, 0.2) is 0 Å². The molecule has 2 unspecified atom stereocenters. The molecule has 1 heteroatoms. The van der Waals surface area contributed by atoms with Crippen molar-refractivity contribution >= 4 is 0 Å². The molecule has 64 valence electrons. The fraction of sp³-hybridized carbons (Fsp3) is 1.00. The van der Waals surface area contributed by atoms with Crippen LogP contribution in [0.3, 0.4) is 0 Å². The van der Waals surface area contributed by atoms with Gasteiger partial charge in [-0.3, -0.25) is 0 Å². The first-order valence-corrected chi connectivity index (χ1v) is 4.42. The van der Waals surface area contributed by atoms with Gasteiger partial charge in [0, 0.05) is 5.54 Å². The lowest BCUT2D eigenvalue weighted by molar-refractivity contribution is 0.686. The van der Waals surface area contributed by atoms with E-state index in [-0.39, 0.29) is 5.54 Å². The van der Waals surface area contributed by atoms with E-state index in [0.717, 1.165) is 5.92 Å². The van der Waals surface area contributed by atoms with Crippen molar-refractivity contribution < 1.29 is 0 Å². The predicted molar refractivity (Wildman–Crippen MR) is 49.1 cm³/mol. The van der Waals surface area contributed by atoms with Crippen LogP contribution in [0.1, 0.15) is 48.0 Å². The van der Waals surface area contributed by atoms with Crippen LogP contribution in [0.25, 0.3) is 0 Å². The summed E-state index contributed by atoms with van der Waals surface area (Å²) in [5, 5.41) is 0. The fourth-order valence-electron chi connectivity index (χ4n) is 0.601. The first-order valence-electron chi connectivity index (χ1n) is 4.42. The Morgan fingerprint density at radius 1 is 1.20 bits per heavy atom. The molecule has 2 atom stereocenters. The second-order valence-electron chi connectivity index (χ2n) is 2.61. The molecular weight excluding hydrogens is 122 g/mol. The summed E-state index contributed by atoms with van der Waals surface area (Å²) in [4.78, 5) is 0. The Balaban J connectivity index is 0. The highest BCUT2D eigenvalue weighted by molar-refractivity contribution is 5.00. The van der Waals surface area contributed by atoms with Crippen molar-refractivity contribution in [1.29, 1.82) is 0 Å². The van der Waals surface area contributed by atoms with Crippen LogP contribution in [0.2, 0.25) is 0 Å². The Bertz CT molecular complexity index is 67.1. The van der Waals surface area contributed by atoms with Gasteiger partial charge in [-0.2, -0.15) is 0 Å². The molecule has 1 nitrogen and oxygen atoms in total. The van der Waals surface area contributed by atoms with Crippen molar-refractivity contribution in [2.24, 2.45) is 11.7 Å². The molecule has 0 aliphatic heterocycles. The second kappa shape index (κ2) is 5.72. The van der Waals surface area contributed by atoms with E-state index >= 15 is 0 Å². The molecule has 2 N–H and O–H groups in total. The molecule has 0 saturated heterocycles. The van der Waals surface area contributed by atoms with Crippen LogP contribution in [0, 0.1) is 5.92 Å². The Morgan fingerprint density at radius 3 is 1.30 bits per heavy atom. The number of nitrogens with two attached hydrogens (primary N) is 1. The molecule has 0 radical (unpaired) electrons. The van der Waals surface area contributed by atoms with E-state index in [2.05, 4.69) is 13.8 Å². The summed E-state index contributed by atoms with van der Waals surface area (Å²) in [6, 6.07) is 0. The average Bonchev–Trinajstić information content (AvgIpc) is 2.47. The number of hydrogen-bond donors (Lipinski definition) is 1. The molecule has 0 bridgehead atoms. The lowest BCUT2D eigenvalue weighted by Gasteiger charge is -1.93. The lowest BCUT2D eigenvalue weighted by Crippen LogP contribution is -2.18. The van der Waals surface area contributed by atoms with Gasteiger partial charge < -0.3 is 5.73 Å². The minimum absolute atomic E-state index is 0.208. The summed E-state index contributed by atoms with van der Waals surface area (Å²) in [5.41, 5.74) is 5.82. The van der Waals surface area contributed by atoms with Gasteiger partial charge in [-0.05, 0) is 19.3 Å². The van der Waals surface area contributed by atoms with Crippen LogP contribution < -0.4 is 5.73 Å². The molecule has 0 amide bonds. The van der Waals surface area contributed by atoms with E-state index in [1.165, 1.54) is 6.42 Å². The molecule has 1 aliphatic rings. The van der Waals surface area contributed by atoms with Crippen molar-refractivity contribution in [2.75, 3.05) is 0 Å². The third-order valence-corrected chi connectivity index (χ3v) is 1.71. The van der Waals surface area contributed by atoms with Crippen molar-refractivity contribution in [3.05, 3.63) is 0 Å². The average molecular weight is 145 g/mol. The van der Waals surface area contributed by atoms with E-state index in [1.54, 1.807) is 0 Å². The molecular formula is C9H23N. The summed E-state index contributed by atoms with van der Waals surface area (Å²) in [6.45, 7) is 12.3. The smallest absolute Gasteiger partial charge is 0.0155 e. The monoisotopic (exact) mass is 145 g/mol. The third kappa shape index (κ3) is 4.80. The van der Waals surface area contributed by atoms with Gasteiger partial charge >= 0.3 is 0 Å². The molecule has 0 heterocycles. The maximum absolute atomic E-state index is 5.61. The standard InChI is InChI=1S/C5H11N.2C2H6/c1-4-3-5(4,2)6;2*1-2/h4H,3,6H2,1-2H3;2*1-2H3. The zero-order chi connectivity index (χ0) is 8.78. The quantitative estimate of drug-likeness (QED) is 0.557. The normalized spacial score (nSPS) is 34.5. The Labute approximate surface area is 66.0 Å². The van der Waals surface area contributed by atoms with Gasteiger partial charge in [0.2, 0.25) is 0 Å². The Morgan fingerprint density at radius 2 is 1.30 bits per heavy atom. The van der Waals surface area contributed by atoms with Gasteiger partial charge in [0.25, 0.3) is 0 Å². The summed E-state index contributed by atoms with van der Waals surface area (Å²) < 4.78 is 0. The van der Waals surface area contributed by atoms with Gasteiger partial charge in [-0.15, -0.1) is 0 Å². The first kappa shape index (κ1) is 12.6. The zero-order valence-corrected chi connectivity index (χ0v) is 8.36. The van der Waals surface area contributed by atoms with Crippen LogP contribution in [0.4, 0.5) is 0 Å². The second-order valence-corrected chi connectivity index (χ2v) is 2.61. The zero-order valence-electron chi connectivity index (χ0n) is 8.36. The maximum Gasteiger partial charge on any atom is 0.0155 e. The van der Waals surface area contributed by atoms with Crippen molar-refractivity contribution in [2.45, 2.75) is 53.5 Å². The molecule has 0 aromatic rings. The highest BCUT2D eigenvalue weighted by Gasteiger charge is 2.42. The van der Waals surface area contributed by atoms with Crippen LogP contribution in [0.5, 0.6) is 0 Å². The first-order chi connectivity index (χ1) is 4.63.